The number of nitrogens with one attached hydrogen (secondary N) is 1. The monoisotopic (exact) mass is 481 g/mol. The summed E-state index contributed by atoms with van der Waals surface area (Å²) < 4.78 is 26.6. The smallest absolute Gasteiger partial charge is 0.262 e. The Morgan fingerprint density at radius 1 is 0.935 bits per heavy atom. The van der Waals surface area contributed by atoms with Gasteiger partial charge in [0.25, 0.3) is 11.8 Å². The minimum absolute atomic E-state index is 0.0867. The van der Waals surface area contributed by atoms with Crippen molar-refractivity contribution in [2.45, 2.75) is 17.7 Å². The van der Waals surface area contributed by atoms with E-state index in [0.29, 0.717) is 18.8 Å². The van der Waals surface area contributed by atoms with E-state index < -0.39 is 34.3 Å². The molecule has 2 heterocycles. The van der Waals surface area contributed by atoms with Gasteiger partial charge in [-0.25, -0.2) is 8.42 Å². The molecule has 8 nitrogen and oxygen atoms in total. The van der Waals surface area contributed by atoms with Crippen LogP contribution in [0.15, 0.2) is 41.3 Å². The Kier molecular flexibility index (Phi) is 5.78. The second-order valence-corrected chi connectivity index (χ2v) is 9.94. The van der Waals surface area contributed by atoms with Crippen LogP contribution in [0.4, 0.5) is 5.69 Å². The molecule has 1 fully saturated rings. The number of rotatable bonds is 5. The number of sulfonamides is 1. The van der Waals surface area contributed by atoms with Crippen LogP contribution in [0.25, 0.3) is 0 Å². The molecule has 0 aromatic heterocycles. The highest BCUT2D eigenvalue weighted by Gasteiger charge is 2.37. The molecular formula is C20H17Cl2N3O5S. The van der Waals surface area contributed by atoms with E-state index in [1.807, 2.05) is 0 Å². The molecule has 0 aliphatic carbocycles. The molecule has 1 saturated heterocycles. The summed E-state index contributed by atoms with van der Waals surface area (Å²) in [4.78, 5) is 38.3. The molecule has 2 aliphatic rings. The molecule has 31 heavy (non-hydrogen) atoms. The molecular weight excluding hydrogens is 465 g/mol. The average Bonchev–Trinajstić information content (AvgIpc) is 3.35. The molecule has 0 bridgehead atoms. The zero-order valence-corrected chi connectivity index (χ0v) is 18.4. The lowest BCUT2D eigenvalue weighted by Gasteiger charge is -2.16. The second kappa shape index (κ2) is 8.23. The van der Waals surface area contributed by atoms with Gasteiger partial charge in [-0.15, -0.1) is 0 Å². The van der Waals surface area contributed by atoms with E-state index in [4.69, 9.17) is 23.2 Å². The van der Waals surface area contributed by atoms with E-state index in [9.17, 15) is 22.8 Å². The molecule has 0 saturated carbocycles. The van der Waals surface area contributed by atoms with Crippen molar-refractivity contribution in [3.05, 3.63) is 57.6 Å². The van der Waals surface area contributed by atoms with Crippen LogP contribution in [-0.2, 0) is 14.8 Å². The topological polar surface area (TPSA) is 104 Å². The van der Waals surface area contributed by atoms with Gasteiger partial charge in [-0.1, -0.05) is 23.2 Å². The third-order valence-corrected chi connectivity index (χ3v) is 7.79. The average molecular weight is 482 g/mol. The van der Waals surface area contributed by atoms with Crippen molar-refractivity contribution in [2.24, 2.45) is 0 Å². The van der Waals surface area contributed by atoms with Crippen LogP contribution in [0.1, 0.15) is 33.6 Å². The lowest BCUT2D eigenvalue weighted by molar-refractivity contribution is -0.116. The summed E-state index contributed by atoms with van der Waals surface area (Å²) in [5.74, 6) is -1.89. The molecule has 4 rings (SSSR count). The number of fused-ring (bicyclic) bond motifs is 1. The summed E-state index contributed by atoms with van der Waals surface area (Å²) in [6.07, 6.45) is 1.67. The molecule has 11 heteroatoms. The van der Waals surface area contributed by atoms with Crippen LogP contribution in [-0.4, -0.2) is 55.0 Å². The van der Waals surface area contributed by atoms with Gasteiger partial charge in [0.2, 0.25) is 15.9 Å². The minimum atomic E-state index is -3.55. The number of nitrogens with zero attached hydrogens (tertiary/aromatic N) is 2. The zero-order chi connectivity index (χ0) is 22.3. The first-order valence-corrected chi connectivity index (χ1v) is 11.6. The molecule has 2 aliphatic heterocycles. The fraction of sp³-hybridized carbons (Fsp3) is 0.250. The van der Waals surface area contributed by atoms with Gasteiger partial charge in [-0.2, -0.15) is 4.31 Å². The number of carbonyl (C=O) groups is 3. The van der Waals surface area contributed by atoms with Crippen molar-refractivity contribution in [3.8, 4) is 0 Å². The molecule has 3 amide bonds. The molecule has 1 N–H and O–H groups in total. The number of amides is 3. The minimum Gasteiger partial charge on any atom is -0.325 e. The molecule has 0 radical (unpaired) electrons. The Morgan fingerprint density at radius 3 is 1.97 bits per heavy atom. The van der Waals surface area contributed by atoms with E-state index in [2.05, 4.69) is 5.32 Å². The third-order valence-electron chi connectivity index (χ3n) is 5.15. The number of benzene rings is 2. The normalized spacial score (nSPS) is 16.6. The van der Waals surface area contributed by atoms with E-state index >= 15 is 0 Å². The predicted octanol–water partition coefficient (Wildman–Crippen LogP) is 3.01. The molecule has 2 aromatic rings. The largest absolute Gasteiger partial charge is 0.325 e. The Balaban J connectivity index is 1.43. The molecule has 2 aromatic carbocycles. The van der Waals surface area contributed by atoms with Crippen LogP contribution < -0.4 is 5.32 Å². The lowest BCUT2D eigenvalue weighted by atomic mass is 10.1. The highest BCUT2D eigenvalue weighted by atomic mass is 35.5. The Labute approximate surface area is 188 Å². The van der Waals surface area contributed by atoms with Gasteiger partial charge in [-0.05, 0) is 49.2 Å². The summed E-state index contributed by atoms with van der Waals surface area (Å²) in [6, 6.07) is 8.35. The number of imide groups is 1. The highest BCUT2D eigenvalue weighted by molar-refractivity contribution is 7.89. The van der Waals surface area contributed by atoms with Crippen molar-refractivity contribution in [1.82, 2.24) is 9.21 Å². The summed E-state index contributed by atoms with van der Waals surface area (Å²) in [5.41, 5.74) is 0.514. The summed E-state index contributed by atoms with van der Waals surface area (Å²) in [5, 5.41) is 2.83. The summed E-state index contributed by atoms with van der Waals surface area (Å²) >= 11 is 11.8. The van der Waals surface area contributed by atoms with Gasteiger partial charge in [0.15, 0.2) is 0 Å². The highest BCUT2D eigenvalue weighted by Crippen LogP contribution is 2.31. The van der Waals surface area contributed by atoms with E-state index in [0.717, 1.165) is 17.7 Å². The summed E-state index contributed by atoms with van der Waals surface area (Å²) in [7, 11) is -3.55. The van der Waals surface area contributed by atoms with Gasteiger partial charge in [-0.3, -0.25) is 19.3 Å². The Morgan fingerprint density at radius 2 is 1.45 bits per heavy atom. The van der Waals surface area contributed by atoms with Crippen molar-refractivity contribution in [2.75, 3.05) is 25.0 Å². The molecule has 0 unspecified atom stereocenters. The standard InChI is InChI=1S/C20H17Cl2N3O5S/c21-16-9-14-15(10-17(16)22)20(28)25(19(14)27)11-18(26)23-12-3-5-13(6-4-12)31(29,30)24-7-1-2-8-24/h3-6,9-10H,1-2,7-8,11H2,(H,23,26). The first kappa shape index (κ1) is 21.8. The number of carbonyl (C=O) groups excluding carboxylic acids is 3. The third kappa shape index (κ3) is 4.06. The molecule has 0 spiro atoms. The van der Waals surface area contributed by atoms with Crippen LogP contribution in [0, 0.1) is 0 Å². The molecule has 0 atom stereocenters. The van der Waals surface area contributed by atoms with Crippen LogP contribution in [0.5, 0.6) is 0 Å². The van der Waals surface area contributed by atoms with Crippen LogP contribution >= 0.6 is 23.2 Å². The van der Waals surface area contributed by atoms with E-state index in [-0.39, 0.29) is 26.1 Å². The summed E-state index contributed by atoms with van der Waals surface area (Å²) in [6.45, 7) is 0.491. The first-order chi connectivity index (χ1) is 14.7. The maximum Gasteiger partial charge on any atom is 0.262 e. The predicted molar refractivity (Wildman–Crippen MR) is 115 cm³/mol. The van der Waals surface area contributed by atoms with Crippen LogP contribution in [0.3, 0.4) is 0 Å². The van der Waals surface area contributed by atoms with Crippen molar-refractivity contribution >= 4 is 56.6 Å². The Hall–Kier alpha value is -2.46. The first-order valence-electron chi connectivity index (χ1n) is 9.44. The lowest BCUT2D eigenvalue weighted by Crippen LogP contribution is -2.37. The second-order valence-electron chi connectivity index (χ2n) is 7.19. The van der Waals surface area contributed by atoms with Gasteiger partial charge < -0.3 is 5.32 Å². The van der Waals surface area contributed by atoms with Gasteiger partial charge in [0.1, 0.15) is 6.54 Å². The fourth-order valence-corrected chi connectivity index (χ4v) is 5.40. The Bertz CT molecular complexity index is 1150. The molecule has 162 valence electrons. The van der Waals surface area contributed by atoms with Crippen molar-refractivity contribution in [1.29, 1.82) is 0 Å². The van der Waals surface area contributed by atoms with Gasteiger partial charge in [0.05, 0.1) is 26.1 Å². The number of hydrogen-bond donors (Lipinski definition) is 1. The van der Waals surface area contributed by atoms with Gasteiger partial charge >= 0.3 is 0 Å². The van der Waals surface area contributed by atoms with E-state index in [1.54, 1.807) is 0 Å². The quantitative estimate of drug-likeness (QED) is 0.660. The number of anilines is 1. The number of hydrogen-bond acceptors (Lipinski definition) is 5. The zero-order valence-electron chi connectivity index (χ0n) is 16.1. The fourth-order valence-electron chi connectivity index (χ4n) is 3.56. The van der Waals surface area contributed by atoms with Crippen molar-refractivity contribution in [3.63, 3.8) is 0 Å². The van der Waals surface area contributed by atoms with Crippen molar-refractivity contribution < 1.29 is 22.8 Å². The maximum atomic E-state index is 12.6. The number of halogens is 2. The van der Waals surface area contributed by atoms with Gasteiger partial charge in [0, 0.05) is 18.8 Å². The van der Waals surface area contributed by atoms with E-state index in [1.165, 1.54) is 40.7 Å². The maximum absolute atomic E-state index is 12.6. The SMILES string of the molecule is O=C(CN1C(=O)c2cc(Cl)c(Cl)cc2C1=O)Nc1ccc(S(=O)(=O)N2CCCC2)cc1. The van der Waals surface area contributed by atoms with Crippen LogP contribution in [0.2, 0.25) is 10.0 Å².